The first kappa shape index (κ1) is 13.7. The number of imide groups is 1. The second-order valence-electron chi connectivity index (χ2n) is 6.15. The molecular weight excluding hydrogens is 277 g/mol. The van der Waals surface area contributed by atoms with Crippen molar-refractivity contribution in [1.29, 1.82) is 0 Å². The van der Waals surface area contributed by atoms with Crippen molar-refractivity contribution in [3.05, 3.63) is 35.1 Å². The summed E-state index contributed by atoms with van der Waals surface area (Å²) >= 11 is 0. The Morgan fingerprint density at radius 3 is 2.38 bits per heavy atom. The third-order valence-electron chi connectivity index (χ3n) is 4.51. The normalized spacial score (nSPS) is 26.0. The Labute approximate surface area is 120 Å². The van der Waals surface area contributed by atoms with Crippen molar-refractivity contribution in [2.45, 2.75) is 20.4 Å². The maximum absolute atomic E-state index is 13.8. The maximum atomic E-state index is 13.8. The Bertz CT molecular complexity index is 658. The molecule has 0 spiro atoms. The number of carboxylic acids is 1. The van der Waals surface area contributed by atoms with E-state index in [0.717, 1.165) is 23.1 Å². The van der Waals surface area contributed by atoms with Gasteiger partial charge in [-0.2, -0.15) is 0 Å². The summed E-state index contributed by atoms with van der Waals surface area (Å²) in [6, 6.07) is 3.34. The molecule has 21 heavy (non-hydrogen) atoms. The monoisotopic (exact) mass is 291 g/mol. The van der Waals surface area contributed by atoms with Crippen molar-refractivity contribution in [3.63, 3.8) is 0 Å². The number of fused-ring (bicyclic) bond motifs is 1. The van der Waals surface area contributed by atoms with Crippen molar-refractivity contribution in [1.82, 2.24) is 4.90 Å². The summed E-state index contributed by atoms with van der Waals surface area (Å²) in [6.45, 7) is 3.51. The Hall–Kier alpha value is -2.24. The largest absolute Gasteiger partial charge is 0.478 e. The van der Waals surface area contributed by atoms with Gasteiger partial charge in [0.15, 0.2) is 0 Å². The summed E-state index contributed by atoms with van der Waals surface area (Å²) < 4.78 is 13.8. The summed E-state index contributed by atoms with van der Waals surface area (Å²) in [5.41, 5.74) is -0.349. The van der Waals surface area contributed by atoms with Gasteiger partial charge in [0.1, 0.15) is 5.82 Å². The van der Waals surface area contributed by atoms with Crippen LogP contribution in [0.4, 0.5) is 4.39 Å². The topological polar surface area (TPSA) is 74.7 Å². The lowest BCUT2D eigenvalue weighted by Crippen LogP contribution is -2.36. The SMILES string of the molecule is CC1(C)C2C(=O)N(Cc3cc(C(=O)O)ccc3F)C(=O)C21. The van der Waals surface area contributed by atoms with Crippen LogP contribution in [0, 0.1) is 23.1 Å². The zero-order valence-electron chi connectivity index (χ0n) is 11.6. The second kappa shape index (κ2) is 4.13. The molecule has 2 unspecified atom stereocenters. The van der Waals surface area contributed by atoms with Crippen molar-refractivity contribution in [3.8, 4) is 0 Å². The van der Waals surface area contributed by atoms with E-state index in [1.54, 1.807) is 0 Å². The molecule has 2 amide bonds. The Morgan fingerprint density at radius 1 is 1.29 bits per heavy atom. The van der Waals surface area contributed by atoms with Crippen LogP contribution in [0.5, 0.6) is 0 Å². The van der Waals surface area contributed by atoms with Crippen LogP contribution in [0.2, 0.25) is 0 Å². The number of rotatable bonds is 3. The maximum Gasteiger partial charge on any atom is 0.335 e. The lowest BCUT2D eigenvalue weighted by Gasteiger charge is -2.20. The fourth-order valence-corrected chi connectivity index (χ4v) is 3.16. The van der Waals surface area contributed by atoms with Gasteiger partial charge >= 0.3 is 5.97 Å². The van der Waals surface area contributed by atoms with Gasteiger partial charge in [-0.15, -0.1) is 0 Å². The van der Waals surface area contributed by atoms with Gasteiger partial charge in [-0.3, -0.25) is 14.5 Å². The second-order valence-corrected chi connectivity index (χ2v) is 6.15. The predicted octanol–water partition coefficient (Wildman–Crippen LogP) is 1.66. The molecule has 6 heteroatoms. The molecule has 0 radical (unpaired) electrons. The molecule has 1 heterocycles. The highest BCUT2D eigenvalue weighted by molar-refractivity contribution is 6.10. The van der Waals surface area contributed by atoms with E-state index in [0.29, 0.717) is 0 Å². The van der Waals surface area contributed by atoms with Gasteiger partial charge < -0.3 is 5.11 Å². The van der Waals surface area contributed by atoms with Gasteiger partial charge in [0.05, 0.1) is 23.9 Å². The standard InChI is InChI=1S/C15H14FNO4/c1-15(2)10-11(15)13(19)17(12(10)18)6-8-5-7(14(20)21)3-4-9(8)16/h3-5,10-11H,6H2,1-2H3,(H,20,21). The minimum Gasteiger partial charge on any atom is -0.478 e. The van der Waals surface area contributed by atoms with Crippen LogP contribution in [-0.4, -0.2) is 27.8 Å². The fourth-order valence-electron chi connectivity index (χ4n) is 3.16. The lowest BCUT2D eigenvalue weighted by atomic mass is 10.0. The predicted molar refractivity (Wildman–Crippen MR) is 69.7 cm³/mol. The zero-order valence-corrected chi connectivity index (χ0v) is 11.6. The summed E-state index contributed by atoms with van der Waals surface area (Å²) in [5.74, 6) is -3.04. The number of carbonyl (C=O) groups excluding carboxylic acids is 2. The smallest absolute Gasteiger partial charge is 0.335 e. The number of likely N-dealkylation sites (tertiary alicyclic amines) is 1. The van der Waals surface area contributed by atoms with E-state index in [9.17, 15) is 18.8 Å². The molecule has 110 valence electrons. The number of carboxylic acid groups (broad SMARTS) is 1. The number of hydrogen-bond donors (Lipinski definition) is 1. The van der Waals surface area contributed by atoms with Gasteiger partial charge in [0.2, 0.25) is 11.8 Å². The van der Waals surface area contributed by atoms with Gasteiger partial charge in [0.25, 0.3) is 0 Å². The zero-order chi connectivity index (χ0) is 15.5. The molecule has 5 nitrogen and oxygen atoms in total. The van der Waals surface area contributed by atoms with E-state index >= 15 is 0 Å². The van der Waals surface area contributed by atoms with Gasteiger partial charge in [-0.05, 0) is 23.6 Å². The number of aromatic carboxylic acids is 1. The first-order valence-corrected chi connectivity index (χ1v) is 6.62. The minimum atomic E-state index is -1.18. The third-order valence-corrected chi connectivity index (χ3v) is 4.51. The van der Waals surface area contributed by atoms with Gasteiger partial charge in [0, 0.05) is 5.56 Å². The molecule has 2 fully saturated rings. The molecule has 2 atom stereocenters. The first-order chi connectivity index (χ1) is 9.75. The molecule has 1 aromatic carbocycles. The highest BCUT2D eigenvalue weighted by atomic mass is 19.1. The number of hydrogen-bond acceptors (Lipinski definition) is 3. The number of carbonyl (C=O) groups is 3. The lowest BCUT2D eigenvalue weighted by molar-refractivity contribution is -0.143. The average Bonchev–Trinajstić information content (AvgIpc) is 2.87. The van der Waals surface area contributed by atoms with Crippen LogP contribution in [0.3, 0.4) is 0 Å². The molecule has 1 aliphatic carbocycles. The van der Waals surface area contributed by atoms with E-state index < -0.39 is 11.8 Å². The van der Waals surface area contributed by atoms with E-state index in [1.165, 1.54) is 0 Å². The van der Waals surface area contributed by atoms with E-state index in [4.69, 9.17) is 5.11 Å². The van der Waals surface area contributed by atoms with Crippen LogP contribution in [0.15, 0.2) is 18.2 Å². The quantitative estimate of drug-likeness (QED) is 0.860. The molecule has 2 aliphatic rings. The Kier molecular flexibility index (Phi) is 2.70. The summed E-state index contributed by atoms with van der Waals surface area (Å²) in [4.78, 5) is 36.3. The van der Waals surface area contributed by atoms with Gasteiger partial charge in [-0.25, -0.2) is 9.18 Å². The summed E-state index contributed by atoms with van der Waals surface area (Å²) in [6.07, 6.45) is 0. The van der Waals surface area contributed by atoms with Crippen LogP contribution < -0.4 is 0 Å². The molecule has 1 saturated heterocycles. The first-order valence-electron chi connectivity index (χ1n) is 6.62. The Balaban J connectivity index is 1.86. The van der Waals surface area contributed by atoms with Crippen LogP contribution in [0.25, 0.3) is 0 Å². The van der Waals surface area contributed by atoms with Crippen molar-refractivity contribution in [2.24, 2.45) is 17.3 Å². The minimum absolute atomic E-state index is 0.0377. The number of piperidine rings is 1. The molecule has 1 aromatic rings. The van der Waals surface area contributed by atoms with E-state index in [2.05, 4.69) is 0 Å². The third kappa shape index (κ3) is 1.86. The number of benzene rings is 1. The molecule has 1 saturated carbocycles. The van der Waals surface area contributed by atoms with Crippen molar-refractivity contribution in [2.75, 3.05) is 0 Å². The summed E-state index contributed by atoms with van der Waals surface area (Å²) in [7, 11) is 0. The molecule has 0 bridgehead atoms. The fraction of sp³-hybridized carbons (Fsp3) is 0.400. The van der Waals surface area contributed by atoms with E-state index in [1.807, 2.05) is 13.8 Å². The molecule has 1 aliphatic heterocycles. The van der Waals surface area contributed by atoms with Crippen molar-refractivity contribution < 1.29 is 23.9 Å². The highest BCUT2D eigenvalue weighted by Gasteiger charge is 2.72. The Morgan fingerprint density at radius 2 is 1.86 bits per heavy atom. The molecule has 0 aromatic heterocycles. The van der Waals surface area contributed by atoms with E-state index in [-0.39, 0.29) is 46.7 Å². The molecule has 1 N–H and O–H groups in total. The van der Waals surface area contributed by atoms with Crippen LogP contribution in [-0.2, 0) is 16.1 Å². The number of nitrogens with zero attached hydrogens (tertiary/aromatic N) is 1. The molecule has 3 rings (SSSR count). The summed E-state index contributed by atoms with van der Waals surface area (Å²) in [5, 5.41) is 8.91. The molecular formula is C15H14FNO4. The average molecular weight is 291 g/mol. The highest BCUT2D eigenvalue weighted by Crippen LogP contribution is 2.63. The number of amides is 2. The van der Waals surface area contributed by atoms with Crippen LogP contribution in [0.1, 0.15) is 29.8 Å². The van der Waals surface area contributed by atoms with Crippen molar-refractivity contribution >= 4 is 17.8 Å². The number of halogens is 1. The van der Waals surface area contributed by atoms with Gasteiger partial charge in [-0.1, -0.05) is 13.8 Å². The van der Waals surface area contributed by atoms with Crippen LogP contribution >= 0.6 is 0 Å².